The maximum Gasteiger partial charge on any atom is 0.340 e. The van der Waals surface area contributed by atoms with Gasteiger partial charge in [-0.05, 0) is 30.9 Å². The van der Waals surface area contributed by atoms with Gasteiger partial charge >= 0.3 is 5.97 Å². The van der Waals surface area contributed by atoms with Crippen molar-refractivity contribution < 1.29 is 19.1 Å². The second kappa shape index (κ2) is 8.47. The van der Waals surface area contributed by atoms with Gasteiger partial charge in [0.1, 0.15) is 0 Å². The van der Waals surface area contributed by atoms with E-state index in [0.717, 1.165) is 12.8 Å². The number of nitrogens with one attached hydrogen (secondary N) is 1. The van der Waals surface area contributed by atoms with Crippen molar-refractivity contribution in [1.29, 1.82) is 0 Å². The van der Waals surface area contributed by atoms with Crippen LogP contribution in [0.3, 0.4) is 0 Å². The molecular weight excluding hydrogens is 308 g/mol. The molecule has 0 radical (unpaired) electrons. The zero-order chi connectivity index (χ0) is 17.5. The number of hydrogen-bond donors (Lipinski definition) is 1. The first-order valence-corrected chi connectivity index (χ1v) is 8.32. The summed E-state index contributed by atoms with van der Waals surface area (Å²) in [4.78, 5) is 37.5. The fourth-order valence-corrected chi connectivity index (χ4v) is 2.54. The Morgan fingerprint density at radius 2 is 2.04 bits per heavy atom. The highest BCUT2D eigenvalue weighted by molar-refractivity contribution is 6.03. The van der Waals surface area contributed by atoms with Gasteiger partial charge in [-0.25, -0.2) is 4.79 Å². The summed E-state index contributed by atoms with van der Waals surface area (Å²) in [5.41, 5.74) is 0.855. The molecule has 6 nitrogen and oxygen atoms in total. The first-order chi connectivity index (χ1) is 11.5. The Balaban J connectivity index is 1.93. The molecule has 130 valence electrons. The first kappa shape index (κ1) is 18.0. The Bertz CT molecular complexity index is 613. The monoisotopic (exact) mass is 332 g/mol. The van der Waals surface area contributed by atoms with Crippen LogP contribution in [-0.4, -0.2) is 37.5 Å². The topological polar surface area (TPSA) is 75.7 Å². The van der Waals surface area contributed by atoms with Gasteiger partial charge in [0.05, 0.1) is 11.3 Å². The molecule has 1 aromatic rings. The van der Waals surface area contributed by atoms with Gasteiger partial charge < -0.3 is 15.0 Å². The molecule has 0 saturated carbocycles. The molecule has 1 N–H and O–H groups in total. The number of hydrogen-bond acceptors (Lipinski definition) is 4. The summed E-state index contributed by atoms with van der Waals surface area (Å²) in [6, 6.07) is 6.82. The van der Waals surface area contributed by atoms with E-state index in [1.54, 1.807) is 29.2 Å². The maximum atomic E-state index is 12.3. The molecule has 1 aromatic carbocycles. The lowest BCUT2D eigenvalue weighted by Crippen LogP contribution is -2.31. The highest BCUT2D eigenvalue weighted by atomic mass is 16.5. The van der Waals surface area contributed by atoms with Gasteiger partial charge in [-0.1, -0.05) is 26.0 Å². The molecule has 0 aliphatic carbocycles. The number of benzene rings is 1. The van der Waals surface area contributed by atoms with Crippen molar-refractivity contribution in [3.05, 3.63) is 29.8 Å². The number of carbonyl (C=O) groups is 3. The third-order valence-corrected chi connectivity index (χ3v) is 3.87. The van der Waals surface area contributed by atoms with E-state index in [-0.39, 0.29) is 18.4 Å². The van der Waals surface area contributed by atoms with Crippen molar-refractivity contribution in [2.75, 3.05) is 24.6 Å². The molecule has 2 amide bonds. The van der Waals surface area contributed by atoms with Gasteiger partial charge in [0.2, 0.25) is 5.91 Å². The number of para-hydroxylation sites is 1. The van der Waals surface area contributed by atoms with Crippen LogP contribution in [0.1, 0.15) is 43.5 Å². The van der Waals surface area contributed by atoms with Gasteiger partial charge in [0.15, 0.2) is 6.61 Å². The van der Waals surface area contributed by atoms with Crippen LogP contribution in [0.4, 0.5) is 5.69 Å². The number of carbonyl (C=O) groups excluding carboxylic acids is 3. The summed E-state index contributed by atoms with van der Waals surface area (Å²) < 4.78 is 5.09. The number of anilines is 1. The zero-order valence-electron chi connectivity index (χ0n) is 14.2. The summed E-state index contributed by atoms with van der Waals surface area (Å²) in [5, 5.41) is 2.72. The normalized spacial score (nSPS) is 14.1. The highest BCUT2D eigenvalue weighted by Crippen LogP contribution is 2.25. The van der Waals surface area contributed by atoms with Crippen LogP contribution < -0.4 is 10.2 Å². The second-order valence-electron chi connectivity index (χ2n) is 6.27. The second-order valence-corrected chi connectivity index (χ2v) is 6.27. The molecule has 1 aliphatic rings. The van der Waals surface area contributed by atoms with Gasteiger partial charge in [-0.3, -0.25) is 9.59 Å². The minimum atomic E-state index is -0.593. The van der Waals surface area contributed by atoms with Crippen molar-refractivity contribution in [3.8, 4) is 0 Å². The van der Waals surface area contributed by atoms with Crippen LogP contribution in [0.2, 0.25) is 0 Å². The van der Waals surface area contributed by atoms with E-state index in [1.165, 1.54) is 0 Å². The maximum absolute atomic E-state index is 12.3. The Hall–Kier alpha value is -2.37. The van der Waals surface area contributed by atoms with Crippen molar-refractivity contribution in [1.82, 2.24) is 5.32 Å². The largest absolute Gasteiger partial charge is 0.452 e. The summed E-state index contributed by atoms with van der Waals surface area (Å²) in [5.74, 6) is -0.414. The fourth-order valence-electron chi connectivity index (χ4n) is 2.54. The van der Waals surface area contributed by atoms with Crippen LogP contribution in [0.15, 0.2) is 24.3 Å². The Morgan fingerprint density at radius 3 is 2.71 bits per heavy atom. The number of amides is 2. The van der Waals surface area contributed by atoms with E-state index < -0.39 is 5.97 Å². The summed E-state index contributed by atoms with van der Waals surface area (Å²) in [7, 11) is 0. The molecule has 24 heavy (non-hydrogen) atoms. The van der Waals surface area contributed by atoms with Gasteiger partial charge in [0, 0.05) is 19.5 Å². The first-order valence-electron chi connectivity index (χ1n) is 8.32. The average Bonchev–Trinajstić information content (AvgIpc) is 2.98. The van der Waals surface area contributed by atoms with E-state index >= 15 is 0 Å². The molecule has 6 heteroatoms. The van der Waals surface area contributed by atoms with E-state index in [0.29, 0.717) is 36.7 Å². The smallest absolute Gasteiger partial charge is 0.340 e. The molecule has 1 aliphatic heterocycles. The predicted octanol–water partition coefficient (Wildman–Crippen LogP) is 2.13. The molecule has 0 atom stereocenters. The third kappa shape index (κ3) is 4.81. The summed E-state index contributed by atoms with van der Waals surface area (Å²) >= 11 is 0. The van der Waals surface area contributed by atoms with E-state index in [2.05, 4.69) is 19.2 Å². The highest BCUT2D eigenvalue weighted by Gasteiger charge is 2.26. The van der Waals surface area contributed by atoms with Crippen LogP contribution >= 0.6 is 0 Å². The fraction of sp³-hybridized carbons (Fsp3) is 0.500. The Labute approximate surface area is 142 Å². The van der Waals surface area contributed by atoms with Crippen LogP contribution in [0.5, 0.6) is 0 Å². The van der Waals surface area contributed by atoms with Crippen molar-refractivity contribution in [2.24, 2.45) is 5.92 Å². The molecule has 0 bridgehead atoms. The van der Waals surface area contributed by atoms with Gasteiger partial charge in [0.25, 0.3) is 5.91 Å². The minimum absolute atomic E-state index is 0.00155. The lowest BCUT2D eigenvalue weighted by Gasteiger charge is -2.18. The van der Waals surface area contributed by atoms with Gasteiger partial charge in [-0.15, -0.1) is 0 Å². The van der Waals surface area contributed by atoms with E-state index in [9.17, 15) is 14.4 Å². The third-order valence-electron chi connectivity index (χ3n) is 3.87. The molecular formula is C18H24N2O4. The SMILES string of the molecule is CC(C)CCNC(=O)COC(=O)c1ccccc1N1CCCC1=O. The number of ether oxygens (including phenoxy) is 1. The lowest BCUT2D eigenvalue weighted by molar-refractivity contribution is -0.124. The molecule has 0 unspecified atom stereocenters. The van der Waals surface area contributed by atoms with Crippen LogP contribution in [0, 0.1) is 5.92 Å². The molecule has 1 fully saturated rings. The van der Waals surface area contributed by atoms with E-state index in [4.69, 9.17) is 4.74 Å². The number of esters is 1. The Morgan fingerprint density at radius 1 is 1.29 bits per heavy atom. The number of rotatable bonds is 7. The quantitative estimate of drug-likeness (QED) is 0.776. The molecule has 2 rings (SSSR count). The average molecular weight is 332 g/mol. The van der Waals surface area contributed by atoms with Gasteiger partial charge in [-0.2, -0.15) is 0 Å². The Kier molecular flexibility index (Phi) is 6.35. The number of nitrogens with zero attached hydrogens (tertiary/aromatic N) is 1. The van der Waals surface area contributed by atoms with Crippen molar-refractivity contribution >= 4 is 23.5 Å². The molecule has 0 aromatic heterocycles. The zero-order valence-corrected chi connectivity index (χ0v) is 14.2. The minimum Gasteiger partial charge on any atom is -0.452 e. The molecule has 1 saturated heterocycles. The van der Waals surface area contributed by atoms with Crippen LogP contribution in [-0.2, 0) is 14.3 Å². The van der Waals surface area contributed by atoms with Crippen molar-refractivity contribution in [3.63, 3.8) is 0 Å². The summed E-state index contributed by atoms with van der Waals surface area (Å²) in [6.45, 7) is 4.98. The molecule has 1 heterocycles. The predicted molar refractivity (Wildman–Crippen MR) is 90.8 cm³/mol. The van der Waals surface area contributed by atoms with Crippen molar-refractivity contribution in [2.45, 2.75) is 33.1 Å². The molecule has 0 spiro atoms. The van der Waals surface area contributed by atoms with Crippen LogP contribution in [0.25, 0.3) is 0 Å². The van der Waals surface area contributed by atoms with E-state index in [1.807, 2.05) is 0 Å². The standard InChI is InChI=1S/C18H24N2O4/c1-13(2)9-10-19-16(21)12-24-18(23)14-6-3-4-7-15(14)20-11-5-8-17(20)22/h3-4,6-7,13H,5,8-12H2,1-2H3,(H,19,21). The lowest BCUT2D eigenvalue weighted by atomic mass is 10.1. The summed E-state index contributed by atoms with van der Waals surface area (Å²) in [6.07, 6.45) is 2.14.